The van der Waals surface area contributed by atoms with Crippen LogP contribution >= 0.6 is 12.2 Å². The lowest BCUT2D eigenvalue weighted by molar-refractivity contribution is 1.04. The van der Waals surface area contributed by atoms with Crippen molar-refractivity contribution in [3.63, 3.8) is 0 Å². The Hall–Kier alpha value is -2.20. The van der Waals surface area contributed by atoms with Crippen molar-refractivity contribution < 1.29 is 0 Å². The standard InChI is InChI=1S/C16H17N3S/c1-12-8-6-7-11-15(12)17-16(20)19-18-13(2)14-9-4-3-5-10-14/h3-11H,1-2H3,(H2,17,19,20)/b18-13-. The summed E-state index contributed by atoms with van der Waals surface area (Å²) in [6, 6.07) is 18.0. The van der Waals surface area contributed by atoms with Gasteiger partial charge < -0.3 is 5.32 Å². The minimum Gasteiger partial charge on any atom is -0.331 e. The van der Waals surface area contributed by atoms with Crippen LogP contribution in [0.3, 0.4) is 0 Å². The molecule has 0 heterocycles. The summed E-state index contributed by atoms with van der Waals surface area (Å²) in [6.07, 6.45) is 0. The van der Waals surface area contributed by atoms with Crippen molar-refractivity contribution in [1.29, 1.82) is 0 Å². The first-order valence-electron chi connectivity index (χ1n) is 6.39. The maximum Gasteiger partial charge on any atom is 0.191 e. The van der Waals surface area contributed by atoms with Gasteiger partial charge in [-0.3, -0.25) is 5.43 Å². The number of hydrogen-bond donors (Lipinski definition) is 2. The zero-order chi connectivity index (χ0) is 14.4. The number of benzene rings is 2. The highest BCUT2D eigenvalue weighted by molar-refractivity contribution is 7.80. The van der Waals surface area contributed by atoms with Crippen LogP contribution < -0.4 is 10.7 Å². The van der Waals surface area contributed by atoms with E-state index in [0.717, 1.165) is 22.5 Å². The minimum absolute atomic E-state index is 0.481. The van der Waals surface area contributed by atoms with Crippen LogP contribution in [-0.4, -0.2) is 10.8 Å². The Bertz CT molecular complexity index is 621. The third-order valence-corrected chi connectivity index (χ3v) is 3.10. The van der Waals surface area contributed by atoms with Gasteiger partial charge in [0, 0.05) is 5.69 Å². The molecule has 0 aromatic heterocycles. The largest absolute Gasteiger partial charge is 0.331 e. The highest BCUT2D eigenvalue weighted by Crippen LogP contribution is 2.12. The van der Waals surface area contributed by atoms with E-state index in [1.165, 1.54) is 0 Å². The third kappa shape index (κ3) is 3.90. The van der Waals surface area contributed by atoms with Crippen molar-refractivity contribution in [3.05, 3.63) is 65.7 Å². The van der Waals surface area contributed by atoms with E-state index in [1.807, 2.05) is 68.4 Å². The van der Waals surface area contributed by atoms with E-state index < -0.39 is 0 Å². The Balaban J connectivity index is 1.97. The molecule has 0 spiro atoms. The molecular weight excluding hydrogens is 266 g/mol. The first-order valence-corrected chi connectivity index (χ1v) is 6.80. The van der Waals surface area contributed by atoms with Gasteiger partial charge in [0.15, 0.2) is 5.11 Å². The SMILES string of the molecule is C/C(=N/NC(=S)Nc1ccccc1C)c1ccccc1. The van der Waals surface area contributed by atoms with Crippen LogP contribution in [0.2, 0.25) is 0 Å². The van der Waals surface area contributed by atoms with Crippen LogP contribution in [0.5, 0.6) is 0 Å². The number of thiocarbonyl (C=S) groups is 1. The zero-order valence-electron chi connectivity index (χ0n) is 11.6. The van der Waals surface area contributed by atoms with E-state index in [2.05, 4.69) is 15.8 Å². The fourth-order valence-corrected chi connectivity index (χ4v) is 1.90. The van der Waals surface area contributed by atoms with Crippen LogP contribution in [0.25, 0.3) is 0 Å². The fourth-order valence-electron chi connectivity index (χ4n) is 1.74. The normalized spacial score (nSPS) is 11.0. The molecule has 0 fully saturated rings. The van der Waals surface area contributed by atoms with Crippen molar-refractivity contribution >= 4 is 28.7 Å². The lowest BCUT2D eigenvalue weighted by atomic mass is 10.1. The number of hydrogen-bond acceptors (Lipinski definition) is 2. The zero-order valence-corrected chi connectivity index (χ0v) is 12.4. The second-order valence-corrected chi connectivity index (χ2v) is 4.85. The average molecular weight is 283 g/mol. The van der Waals surface area contributed by atoms with Gasteiger partial charge in [-0.25, -0.2) is 0 Å². The van der Waals surface area contributed by atoms with Gasteiger partial charge in [-0.15, -0.1) is 0 Å². The summed E-state index contributed by atoms with van der Waals surface area (Å²) in [5.41, 5.74) is 6.94. The molecule has 102 valence electrons. The van der Waals surface area contributed by atoms with E-state index in [9.17, 15) is 0 Å². The van der Waals surface area contributed by atoms with Gasteiger partial charge >= 0.3 is 0 Å². The minimum atomic E-state index is 0.481. The Morgan fingerprint density at radius 3 is 2.35 bits per heavy atom. The summed E-state index contributed by atoms with van der Waals surface area (Å²) in [5.74, 6) is 0. The van der Waals surface area contributed by atoms with Gasteiger partial charge in [-0.1, -0.05) is 48.5 Å². The van der Waals surface area contributed by atoms with E-state index in [4.69, 9.17) is 12.2 Å². The highest BCUT2D eigenvalue weighted by Gasteiger charge is 2.00. The first kappa shape index (κ1) is 14.2. The quantitative estimate of drug-likeness (QED) is 0.512. The van der Waals surface area contributed by atoms with Crippen molar-refractivity contribution in [2.24, 2.45) is 5.10 Å². The number of aryl methyl sites for hydroxylation is 1. The van der Waals surface area contributed by atoms with E-state index in [1.54, 1.807) is 0 Å². The van der Waals surface area contributed by atoms with Gasteiger partial charge in [0.2, 0.25) is 0 Å². The molecule has 3 nitrogen and oxygen atoms in total. The van der Waals surface area contributed by atoms with Crippen LogP contribution in [0.15, 0.2) is 59.7 Å². The Morgan fingerprint density at radius 1 is 1.00 bits per heavy atom. The van der Waals surface area contributed by atoms with E-state index in [0.29, 0.717) is 5.11 Å². The van der Waals surface area contributed by atoms with Gasteiger partial charge in [0.1, 0.15) is 0 Å². The maximum absolute atomic E-state index is 5.23. The second kappa shape index (κ2) is 6.82. The van der Waals surface area contributed by atoms with Gasteiger partial charge in [-0.05, 0) is 43.3 Å². The summed E-state index contributed by atoms with van der Waals surface area (Å²) in [4.78, 5) is 0. The van der Waals surface area contributed by atoms with E-state index in [-0.39, 0.29) is 0 Å². The molecule has 0 aliphatic heterocycles. The fraction of sp³-hybridized carbons (Fsp3) is 0.125. The molecule has 2 aromatic rings. The van der Waals surface area contributed by atoms with Crippen molar-refractivity contribution in [1.82, 2.24) is 5.43 Å². The Labute approximate surface area is 124 Å². The summed E-state index contributed by atoms with van der Waals surface area (Å²) in [6.45, 7) is 3.97. The summed E-state index contributed by atoms with van der Waals surface area (Å²) < 4.78 is 0. The van der Waals surface area contributed by atoms with Crippen LogP contribution in [0.1, 0.15) is 18.1 Å². The number of nitrogens with zero attached hydrogens (tertiary/aromatic N) is 1. The van der Waals surface area contributed by atoms with Gasteiger partial charge in [-0.2, -0.15) is 5.10 Å². The smallest absolute Gasteiger partial charge is 0.191 e. The highest BCUT2D eigenvalue weighted by atomic mass is 32.1. The molecule has 0 amide bonds. The molecule has 0 saturated carbocycles. The molecule has 0 aliphatic rings. The average Bonchev–Trinajstić information content (AvgIpc) is 2.48. The molecule has 0 atom stereocenters. The number of anilines is 1. The third-order valence-electron chi connectivity index (χ3n) is 2.91. The first-order chi connectivity index (χ1) is 9.66. The van der Waals surface area contributed by atoms with Crippen LogP contribution in [0.4, 0.5) is 5.69 Å². The Morgan fingerprint density at radius 2 is 1.65 bits per heavy atom. The van der Waals surface area contributed by atoms with Crippen molar-refractivity contribution in [2.75, 3.05) is 5.32 Å². The lowest BCUT2D eigenvalue weighted by Gasteiger charge is -2.10. The molecule has 0 unspecified atom stereocenters. The predicted octanol–water partition coefficient (Wildman–Crippen LogP) is 3.71. The number of hydrazone groups is 1. The van der Waals surface area contributed by atoms with Gasteiger partial charge in [0.05, 0.1) is 5.71 Å². The molecule has 2 rings (SSSR count). The lowest BCUT2D eigenvalue weighted by Crippen LogP contribution is -2.25. The number of rotatable bonds is 3. The van der Waals surface area contributed by atoms with Crippen molar-refractivity contribution in [2.45, 2.75) is 13.8 Å². The molecule has 2 N–H and O–H groups in total. The molecule has 4 heteroatoms. The Kier molecular flexibility index (Phi) is 4.85. The number of para-hydroxylation sites is 1. The molecule has 0 saturated heterocycles. The molecule has 0 aliphatic carbocycles. The van der Waals surface area contributed by atoms with Gasteiger partial charge in [0.25, 0.3) is 0 Å². The number of nitrogens with one attached hydrogen (secondary N) is 2. The topological polar surface area (TPSA) is 36.4 Å². The van der Waals surface area contributed by atoms with E-state index >= 15 is 0 Å². The molecular formula is C16H17N3S. The summed E-state index contributed by atoms with van der Waals surface area (Å²) >= 11 is 5.23. The molecule has 0 radical (unpaired) electrons. The monoisotopic (exact) mass is 283 g/mol. The van der Waals surface area contributed by atoms with Crippen molar-refractivity contribution in [3.8, 4) is 0 Å². The molecule has 2 aromatic carbocycles. The van der Waals surface area contributed by atoms with Crippen LogP contribution in [-0.2, 0) is 0 Å². The maximum atomic E-state index is 5.23. The molecule has 20 heavy (non-hydrogen) atoms. The van der Waals surface area contributed by atoms with Crippen LogP contribution in [0, 0.1) is 6.92 Å². The summed E-state index contributed by atoms with van der Waals surface area (Å²) in [5, 5.41) is 7.89. The second-order valence-electron chi connectivity index (χ2n) is 4.44. The predicted molar refractivity (Wildman–Crippen MR) is 89.2 cm³/mol. The molecule has 0 bridgehead atoms. The summed E-state index contributed by atoms with van der Waals surface area (Å²) in [7, 11) is 0.